The molecule has 1 aromatic carbocycles. The fourth-order valence-corrected chi connectivity index (χ4v) is 3.33. The molecule has 3 rings (SSSR count). The van der Waals surface area contributed by atoms with Gasteiger partial charge < -0.3 is 14.6 Å². The van der Waals surface area contributed by atoms with Gasteiger partial charge in [0, 0.05) is 33.1 Å². The van der Waals surface area contributed by atoms with Gasteiger partial charge in [0.25, 0.3) is 0 Å². The smallest absolute Gasteiger partial charge is 0.393 e. The Balaban J connectivity index is 1.70. The molecule has 8 heteroatoms. The largest absolute Gasteiger partial charge is 0.481 e. The van der Waals surface area contributed by atoms with Crippen LogP contribution in [-0.2, 0) is 18.3 Å². The molecule has 24 heavy (non-hydrogen) atoms. The van der Waals surface area contributed by atoms with Gasteiger partial charge in [0.1, 0.15) is 5.82 Å². The molecular formula is C16H18F3N3O2. The van der Waals surface area contributed by atoms with Crippen molar-refractivity contribution in [2.45, 2.75) is 12.6 Å². The van der Waals surface area contributed by atoms with Crippen LogP contribution in [-0.4, -0.2) is 51.3 Å². The summed E-state index contributed by atoms with van der Waals surface area (Å²) in [4.78, 5) is 17.2. The van der Waals surface area contributed by atoms with Gasteiger partial charge in [-0.05, 0) is 12.1 Å². The zero-order chi connectivity index (χ0) is 17.5. The number of aliphatic carboxylic acids is 1. The molecule has 1 aliphatic rings. The van der Waals surface area contributed by atoms with E-state index in [2.05, 4.69) is 4.98 Å². The Bertz CT molecular complexity index is 757. The number of alkyl halides is 3. The lowest BCUT2D eigenvalue weighted by Crippen LogP contribution is -2.33. The van der Waals surface area contributed by atoms with E-state index in [4.69, 9.17) is 5.11 Å². The molecule has 1 aromatic heterocycles. The van der Waals surface area contributed by atoms with Crippen LogP contribution >= 0.6 is 0 Å². The monoisotopic (exact) mass is 341 g/mol. The van der Waals surface area contributed by atoms with Crippen LogP contribution in [0.3, 0.4) is 0 Å². The number of likely N-dealkylation sites (tertiary alicyclic amines) is 1. The Labute approximate surface area is 136 Å². The number of rotatable bonds is 4. The fourth-order valence-electron chi connectivity index (χ4n) is 3.33. The number of hydrogen-bond acceptors (Lipinski definition) is 3. The Kier molecular flexibility index (Phi) is 4.25. The maximum absolute atomic E-state index is 13.0. The first-order chi connectivity index (χ1) is 11.3. The number of para-hydroxylation sites is 2. The highest BCUT2D eigenvalue weighted by Gasteiger charge is 2.52. The molecule has 1 aliphatic heterocycles. The van der Waals surface area contributed by atoms with Crippen molar-refractivity contribution in [3.05, 3.63) is 30.1 Å². The van der Waals surface area contributed by atoms with Gasteiger partial charge in [0.05, 0.1) is 22.9 Å². The number of halogens is 3. The van der Waals surface area contributed by atoms with Gasteiger partial charge in [-0.15, -0.1) is 0 Å². The average molecular weight is 341 g/mol. The van der Waals surface area contributed by atoms with Crippen molar-refractivity contribution in [1.29, 1.82) is 0 Å². The van der Waals surface area contributed by atoms with Gasteiger partial charge in [0.15, 0.2) is 0 Å². The van der Waals surface area contributed by atoms with Crippen LogP contribution in [0, 0.1) is 11.8 Å². The fraction of sp³-hybridized carbons (Fsp3) is 0.500. The van der Waals surface area contributed by atoms with Gasteiger partial charge in [-0.2, -0.15) is 13.2 Å². The molecule has 0 unspecified atom stereocenters. The van der Waals surface area contributed by atoms with Crippen LogP contribution in [0.4, 0.5) is 13.2 Å². The van der Waals surface area contributed by atoms with Gasteiger partial charge in [-0.3, -0.25) is 4.79 Å². The zero-order valence-corrected chi connectivity index (χ0v) is 13.1. The van der Waals surface area contributed by atoms with E-state index < -0.39 is 24.0 Å². The van der Waals surface area contributed by atoms with Crippen LogP contribution in [0.15, 0.2) is 24.3 Å². The molecule has 5 nitrogen and oxygen atoms in total. The summed E-state index contributed by atoms with van der Waals surface area (Å²) >= 11 is 0. The van der Waals surface area contributed by atoms with Gasteiger partial charge >= 0.3 is 12.1 Å². The Morgan fingerprint density at radius 3 is 2.62 bits per heavy atom. The van der Waals surface area contributed by atoms with Crippen molar-refractivity contribution in [2.75, 3.05) is 19.6 Å². The highest BCUT2D eigenvalue weighted by Crippen LogP contribution is 2.37. The molecule has 1 saturated heterocycles. The number of carbonyl (C=O) groups is 1. The second kappa shape index (κ2) is 6.08. The highest BCUT2D eigenvalue weighted by atomic mass is 19.4. The lowest BCUT2D eigenvalue weighted by molar-refractivity contribution is -0.188. The number of carboxylic acids is 1. The number of benzene rings is 1. The van der Waals surface area contributed by atoms with Crippen LogP contribution in [0.25, 0.3) is 11.0 Å². The Hall–Kier alpha value is -2.09. The number of aromatic nitrogens is 2. The molecule has 0 spiro atoms. The predicted octanol–water partition coefficient (Wildman–Crippen LogP) is 2.31. The third kappa shape index (κ3) is 3.10. The summed E-state index contributed by atoms with van der Waals surface area (Å²) in [5.74, 6) is -3.82. The van der Waals surface area contributed by atoms with E-state index in [0.717, 1.165) is 16.9 Å². The van der Waals surface area contributed by atoms with Crippen molar-refractivity contribution in [3.63, 3.8) is 0 Å². The summed E-state index contributed by atoms with van der Waals surface area (Å²) in [6.07, 6.45) is -4.02. The molecular weight excluding hydrogens is 323 g/mol. The van der Waals surface area contributed by atoms with E-state index in [1.807, 2.05) is 35.9 Å². The second-order valence-electron chi connectivity index (χ2n) is 6.18. The topological polar surface area (TPSA) is 58.4 Å². The van der Waals surface area contributed by atoms with Crippen LogP contribution in [0.2, 0.25) is 0 Å². The minimum atomic E-state index is -4.49. The molecule has 0 aliphatic carbocycles. The van der Waals surface area contributed by atoms with Crippen molar-refractivity contribution in [3.8, 4) is 0 Å². The predicted molar refractivity (Wildman–Crippen MR) is 81.5 cm³/mol. The molecule has 2 atom stereocenters. The highest BCUT2D eigenvalue weighted by molar-refractivity contribution is 5.75. The molecule has 1 N–H and O–H groups in total. The van der Waals surface area contributed by atoms with E-state index in [1.54, 1.807) is 4.90 Å². The third-order valence-corrected chi connectivity index (χ3v) is 4.66. The average Bonchev–Trinajstić information content (AvgIpc) is 3.07. The Morgan fingerprint density at radius 1 is 1.33 bits per heavy atom. The summed E-state index contributed by atoms with van der Waals surface area (Å²) in [6, 6.07) is 7.60. The maximum atomic E-state index is 13.0. The first-order valence-electron chi connectivity index (χ1n) is 7.69. The first-order valence-corrected chi connectivity index (χ1v) is 7.69. The number of aryl methyl sites for hydroxylation is 1. The summed E-state index contributed by atoms with van der Waals surface area (Å²) in [5, 5.41) is 9.05. The van der Waals surface area contributed by atoms with Crippen molar-refractivity contribution < 1.29 is 23.1 Å². The Morgan fingerprint density at radius 2 is 2.04 bits per heavy atom. The van der Waals surface area contributed by atoms with E-state index in [-0.39, 0.29) is 13.1 Å². The SMILES string of the molecule is Cn1c(CCN2C[C@@H](C(F)(F)F)[C@H](C(=O)O)C2)nc2ccccc21. The van der Waals surface area contributed by atoms with Crippen LogP contribution in [0.5, 0.6) is 0 Å². The minimum Gasteiger partial charge on any atom is -0.481 e. The molecule has 130 valence electrons. The van der Waals surface area contributed by atoms with Gasteiger partial charge in [-0.25, -0.2) is 4.98 Å². The number of carboxylic acid groups (broad SMARTS) is 1. The molecule has 0 saturated carbocycles. The lowest BCUT2D eigenvalue weighted by atomic mass is 9.96. The summed E-state index contributed by atoms with van der Waals surface area (Å²) in [7, 11) is 1.87. The van der Waals surface area contributed by atoms with Crippen molar-refractivity contribution >= 4 is 17.0 Å². The van der Waals surface area contributed by atoms with E-state index in [1.165, 1.54) is 0 Å². The zero-order valence-electron chi connectivity index (χ0n) is 13.1. The molecule has 0 bridgehead atoms. The van der Waals surface area contributed by atoms with Gasteiger partial charge in [-0.1, -0.05) is 12.1 Å². The molecule has 2 heterocycles. The second-order valence-corrected chi connectivity index (χ2v) is 6.18. The summed E-state index contributed by atoms with van der Waals surface area (Å²) in [6.45, 7) is 0.00137. The molecule has 0 amide bonds. The third-order valence-electron chi connectivity index (χ3n) is 4.66. The molecule has 2 aromatic rings. The molecule has 1 fully saturated rings. The maximum Gasteiger partial charge on any atom is 0.393 e. The van der Waals surface area contributed by atoms with Crippen molar-refractivity contribution in [1.82, 2.24) is 14.5 Å². The van der Waals surface area contributed by atoms with Crippen LogP contribution < -0.4 is 0 Å². The quantitative estimate of drug-likeness (QED) is 0.927. The number of hydrogen-bond donors (Lipinski definition) is 1. The number of nitrogens with zero attached hydrogens (tertiary/aromatic N) is 3. The van der Waals surface area contributed by atoms with E-state index >= 15 is 0 Å². The summed E-state index contributed by atoms with van der Waals surface area (Å²) in [5.41, 5.74) is 1.80. The van der Waals surface area contributed by atoms with Crippen LogP contribution in [0.1, 0.15) is 5.82 Å². The number of imidazole rings is 1. The van der Waals surface area contributed by atoms with Gasteiger partial charge in [0.2, 0.25) is 0 Å². The number of fused-ring (bicyclic) bond motifs is 1. The lowest BCUT2D eigenvalue weighted by Gasteiger charge is -2.18. The first kappa shape index (κ1) is 16.8. The summed E-state index contributed by atoms with van der Waals surface area (Å²) < 4.78 is 40.9. The van der Waals surface area contributed by atoms with Crippen molar-refractivity contribution in [2.24, 2.45) is 18.9 Å². The minimum absolute atomic E-state index is 0.0799. The molecule has 0 radical (unpaired) electrons. The van der Waals surface area contributed by atoms with E-state index in [0.29, 0.717) is 13.0 Å². The normalized spacial score (nSPS) is 22.3. The standard InChI is InChI=1S/C16H18F3N3O2/c1-21-13-5-3-2-4-12(13)20-14(21)6-7-22-8-10(15(23)24)11(9-22)16(17,18)19/h2-5,10-11H,6-9H2,1H3,(H,23,24)/t10-,11-/m1/s1. The van der Waals surface area contributed by atoms with E-state index in [9.17, 15) is 18.0 Å².